The predicted octanol–water partition coefficient (Wildman–Crippen LogP) is 3.79. The van der Waals surface area contributed by atoms with Crippen LogP contribution >= 0.6 is 27.7 Å². The van der Waals surface area contributed by atoms with Gasteiger partial charge in [-0.3, -0.25) is 0 Å². The van der Waals surface area contributed by atoms with Crippen LogP contribution in [0.4, 0.5) is 4.39 Å². The number of alkyl halides is 1. The van der Waals surface area contributed by atoms with Crippen LogP contribution in [0.5, 0.6) is 0 Å². The maximum atomic E-state index is 13.5. The Hall–Kier alpha value is -0.0600. The van der Waals surface area contributed by atoms with Crippen molar-refractivity contribution in [3.8, 4) is 0 Å². The molecule has 0 heterocycles. The molecule has 0 aliphatic heterocycles. The lowest BCUT2D eigenvalue weighted by Gasteiger charge is -2.10. The number of likely N-dealkylation sites (N-methyl/N-ethyl adjacent to an activating group) is 1. The van der Waals surface area contributed by atoms with E-state index in [2.05, 4.69) is 28.2 Å². The molecule has 4 heteroatoms. The molecule has 1 atom stereocenters. The molecule has 0 aromatic heterocycles. The summed E-state index contributed by atoms with van der Waals surface area (Å²) in [5.41, 5.74) is 0.719. The van der Waals surface area contributed by atoms with Gasteiger partial charge in [0.25, 0.3) is 0 Å². The van der Waals surface area contributed by atoms with E-state index in [1.54, 1.807) is 18.8 Å². The molecule has 1 aromatic carbocycles. The van der Waals surface area contributed by atoms with Crippen molar-refractivity contribution < 1.29 is 4.39 Å². The summed E-state index contributed by atoms with van der Waals surface area (Å²) >= 11 is 5.21. The highest BCUT2D eigenvalue weighted by Gasteiger charge is 2.10. The molecular weight excluding hydrogens is 277 g/mol. The lowest BCUT2D eigenvalue weighted by molar-refractivity contribution is 0.335. The molecule has 0 amide bonds. The first-order valence-electron chi connectivity index (χ1n) is 4.90. The van der Waals surface area contributed by atoms with Gasteiger partial charge in [-0.1, -0.05) is 13.0 Å². The molecule has 1 unspecified atom stereocenters. The van der Waals surface area contributed by atoms with Gasteiger partial charge in [-0.15, -0.1) is 11.8 Å². The third-order valence-corrected chi connectivity index (χ3v) is 3.88. The summed E-state index contributed by atoms with van der Waals surface area (Å²) in [6, 6.07) is 5.68. The number of hydrogen-bond donors (Lipinski definition) is 1. The van der Waals surface area contributed by atoms with E-state index in [1.165, 1.54) is 0 Å². The molecule has 0 spiro atoms. The summed E-state index contributed by atoms with van der Waals surface area (Å²) in [5.74, 6) is 1.02. The second-order valence-corrected chi connectivity index (χ2v) is 5.31. The average molecular weight is 292 g/mol. The van der Waals surface area contributed by atoms with Crippen LogP contribution in [0.2, 0.25) is 0 Å². The summed E-state index contributed by atoms with van der Waals surface area (Å²) in [6.45, 7) is 2.46. The van der Waals surface area contributed by atoms with Crippen molar-refractivity contribution in [2.45, 2.75) is 18.0 Å². The van der Waals surface area contributed by atoms with E-state index in [4.69, 9.17) is 0 Å². The third-order valence-electron chi connectivity index (χ3n) is 2.00. The smallest absolute Gasteiger partial charge is 0.138 e. The van der Waals surface area contributed by atoms with Gasteiger partial charge in [0.1, 0.15) is 6.17 Å². The van der Waals surface area contributed by atoms with Gasteiger partial charge < -0.3 is 5.32 Å². The quantitative estimate of drug-likeness (QED) is 0.829. The lowest BCUT2D eigenvalue weighted by atomic mass is 10.1. The molecule has 0 saturated carbocycles. The van der Waals surface area contributed by atoms with Crippen LogP contribution in [0.15, 0.2) is 27.6 Å². The Balaban J connectivity index is 2.81. The van der Waals surface area contributed by atoms with Crippen LogP contribution in [-0.4, -0.2) is 19.3 Å². The summed E-state index contributed by atoms with van der Waals surface area (Å²) in [4.78, 5) is 1.16. The third kappa shape index (κ3) is 3.78. The maximum absolute atomic E-state index is 13.5. The van der Waals surface area contributed by atoms with Gasteiger partial charge in [0, 0.05) is 15.9 Å². The van der Waals surface area contributed by atoms with Crippen LogP contribution in [0.1, 0.15) is 18.7 Å². The van der Waals surface area contributed by atoms with Gasteiger partial charge in [0.05, 0.1) is 0 Å². The van der Waals surface area contributed by atoms with Crippen LogP contribution in [0.3, 0.4) is 0 Å². The molecule has 84 valence electrons. The zero-order chi connectivity index (χ0) is 11.3. The minimum Gasteiger partial charge on any atom is -0.317 e. The van der Waals surface area contributed by atoms with Crippen molar-refractivity contribution >= 4 is 27.7 Å². The second kappa shape index (κ2) is 6.51. The van der Waals surface area contributed by atoms with Gasteiger partial charge in [0.2, 0.25) is 0 Å². The van der Waals surface area contributed by atoms with Crippen molar-refractivity contribution in [1.29, 1.82) is 0 Å². The highest BCUT2D eigenvalue weighted by Crippen LogP contribution is 2.30. The Kier molecular flexibility index (Phi) is 5.64. The van der Waals surface area contributed by atoms with E-state index < -0.39 is 6.17 Å². The number of nitrogens with one attached hydrogen (secondary N) is 1. The largest absolute Gasteiger partial charge is 0.317 e. The number of hydrogen-bond acceptors (Lipinski definition) is 2. The molecule has 0 fully saturated rings. The van der Waals surface area contributed by atoms with Crippen molar-refractivity contribution in [1.82, 2.24) is 5.32 Å². The molecule has 0 saturated heterocycles. The maximum Gasteiger partial charge on any atom is 0.138 e. The normalized spacial score (nSPS) is 12.8. The van der Waals surface area contributed by atoms with Crippen molar-refractivity contribution in [2.75, 3.05) is 19.3 Å². The molecule has 1 nitrogen and oxygen atoms in total. The van der Waals surface area contributed by atoms with E-state index in [0.717, 1.165) is 20.7 Å². The van der Waals surface area contributed by atoms with Gasteiger partial charge in [0.15, 0.2) is 0 Å². The second-order valence-electron chi connectivity index (χ2n) is 3.15. The van der Waals surface area contributed by atoms with Gasteiger partial charge in [-0.05, 0) is 46.4 Å². The highest BCUT2D eigenvalue weighted by atomic mass is 79.9. The molecule has 0 aliphatic carbocycles. The molecule has 0 aliphatic rings. The molecule has 1 aromatic rings. The Labute approximate surface area is 103 Å². The first-order valence-corrected chi connectivity index (χ1v) is 6.67. The zero-order valence-electron chi connectivity index (χ0n) is 8.89. The van der Waals surface area contributed by atoms with E-state index in [9.17, 15) is 4.39 Å². The topological polar surface area (TPSA) is 12.0 Å². The minimum absolute atomic E-state index is 0.354. The first-order chi connectivity index (χ1) is 7.19. The number of benzene rings is 1. The molecule has 1 N–H and O–H groups in total. The van der Waals surface area contributed by atoms with Crippen LogP contribution in [0, 0.1) is 0 Å². The van der Waals surface area contributed by atoms with Gasteiger partial charge in [-0.25, -0.2) is 4.39 Å². The fourth-order valence-corrected chi connectivity index (χ4v) is 2.69. The standard InChI is InChI=1S/C11H15BrFNS/c1-3-15-11-5-4-8(6-9(11)12)10(13)7-14-2/h4-6,10,14H,3,7H2,1-2H3. The molecule has 0 radical (unpaired) electrons. The number of halogens is 2. The fraction of sp³-hybridized carbons (Fsp3) is 0.455. The Bertz CT molecular complexity index is 319. The van der Waals surface area contributed by atoms with Crippen LogP contribution < -0.4 is 5.32 Å². The van der Waals surface area contributed by atoms with Crippen LogP contribution in [-0.2, 0) is 0 Å². The average Bonchev–Trinajstić information content (AvgIpc) is 2.21. The summed E-state index contributed by atoms with van der Waals surface area (Å²) in [7, 11) is 1.75. The summed E-state index contributed by atoms with van der Waals surface area (Å²) in [5, 5.41) is 2.83. The van der Waals surface area contributed by atoms with Crippen molar-refractivity contribution in [3.63, 3.8) is 0 Å². The lowest BCUT2D eigenvalue weighted by Crippen LogP contribution is -2.13. The highest BCUT2D eigenvalue weighted by molar-refractivity contribution is 9.10. The summed E-state index contributed by atoms with van der Waals surface area (Å²) < 4.78 is 14.5. The molecular formula is C11H15BrFNS. The monoisotopic (exact) mass is 291 g/mol. The molecule has 1 rings (SSSR count). The molecule has 0 bridgehead atoms. The fourth-order valence-electron chi connectivity index (χ4n) is 1.28. The van der Waals surface area contributed by atoms with Crippen LogP contribution in [0.25, 0.3) is 0 Å². The Morgan fingerprint density at radius 3 is 2.80 bits per heavy atom. The first kappa shape index (κ1) is 13.0. The van der Waals surface area contributed by atoms with E-state index in [0.29, 0.717) is 6.54 Å². The number of rotatable bonds is 5. The van der Waals surface area contributed by atoms with E-state index in [1.807, 2.05) is 18.2 Å². The van der Waals surface area contributed by atoms with Crippen molar-refractivity contribution in [3.05, 3.63) is 28.2 Å². The zero-order valence-corrected chi connectivity index (χ0v) is 11.3. The Morgan fingerprint density at radius 1 is 1.53 bits per heavy atom. The Morgan fingerprint density at radius 2 is 2.27 bits per heavy atom. The van der Waals surface area contributed by atoms with E-state index >= 15 is 0 Å². The van der Waals surface area contributed by atoms with Gasteiger partial charge >= 0.3 is 0 Å². The van der Waals surface area contributed by atoms with E-state index in [-0.39, 0.29) is 0 Å². The van der Waals surface area contributed by atoms with Crippen molar-refractivity contribution in [2.24, 2.45) is 0 Å². The number of thioether (sulfide) groups is 1. The molecule has 15 heavy (non-hydrogen) atoms. The van der Waals surface area contributed by atoms with Gasteiger partial charge in [-0.2, -0.15) is 0 Å². The SMILES string of the molecule is CCSc1ccc(C(F)CNC)cc1Br. The predicted molar refractivity (Wildman–Crippen MR) is 68.3 cm³/mol. The summed E-state index contributed by atoms with van der Waals surface area (Å²) in [6.07, 6.45) is -0.938. The minimum atomic E-state index is -0.938.